The van der Waals surface area contributed by atoms with Gasteiger partial charge >= 0.3 is 0 Å². The number of fused-ring (bicyclic) bond motifs is 1. The predicted molar refractivity (Wildman–Crippen MR) is 56.9 cm³/mol. The van der Waals surface area contributed by atoms with Crippen LogP contribution in [0.15, 0.2) is 24.3 Å². The fourth-order valence-corrected chi connectivity index (χ4v) is 1.64. The minimum Gasteiger partial charge on any atom is -0.486 e. The SMILES string of the molecule is c1ccc2c(c1)OCC(COCC1CO1)O2. The second-order valence-corrected chi connectivity index (χ2v) is 3.99. The van der Waals surface area contributed by atoms with E-state index >= 15 is 0 Å². The lowest BCUT2D eigenvalue weighted by Gasteiger charge is -2.26. The van der Waals surface area contributed by atoms with Crippen LogP contribution in [-0.4, -0.2) is 38.6 Å². The summed E-state index contributed by atoms with van der Waals surface area (Å²) in [6.45, 7) is 2.57. The summed E-state index contributed by atoms with van der Waals surface area (Å²) in [7, 11) is 0. The molecule has 0 aliphatic carbocycles. The van der Waals surface area contributed by atoms with Crippen molar-refractivity contribution in [1.29, 1.82) is 0 Å². The van der Waals surface area contributed by atoms with E-state index in [1.807, 2.05) is 24.3 Å². The molecule has 86 valence electrons. The van der Waals surface area contributed by atoms with Gasteiger partial charge in [0.05, 0.1) is 19.8 Å². The maximum absolute atomic E-state index is 5.74. The first-order chi connectivity index (χ1) is 7.92. The van der Waals surface area contributed by atoms with Crippen LogP contribution in [0.5, 0.6) is 11.5 Å². The lowest BCUT2D eigenvalue weighted by atomic mass is 10.3. The number of epoxide rings is 1. The predicted octanol–water partition coefficient (Wildman–Crippen LogP) is 1.24. The van der Waals surface area contributed by atoms with Crippen molar-refractivity contribution >= 4 is 0 Å². The van der Waals surface area contributed by atoms with Crippen LogP contribution in [0.2, 0.25) is 0 Å². The van der Waals surface area contributed by atoms with Crippen LogP contribution < -0.4 is 9.47 Å². The van der Waals surface area contributed by atoms with Gasteiger partial charge in [0.2, 0.25) is 0 Å². The molecule has 3 rings (SSSR count). The zero-order valence-electron chi connectivity index (χ0n) is 8.93. The second kappa shape index (κ2) is 4.31. The third-order valence-corrected chi connectivity index (χ3v) is 2.58. The molecule has 0 aromatic heterocycles. The number of benzene rings is 1. The zero-order chi connectivity index (χ0) is 10.8. The Kier molecular flexibility index (Phi) is 2.68. The van der Waals surface area contributed by atoms with E-state index in [0.717, 1.165) is 18.1 Å². The molecule has 0 N–H and O–H groups in total. The van der Waals surface area contributed by atoms with E-state index in [-0.39, 0.29) is 6.10 Å². The molecule has 16 heavy (non-hydrogen) atoms. The van der Waals surface area contributed by atoms with Crippen LogP contribution in [0.3, 0.4) is 0 Å². The van der Waals surface area contributed by atoms with Crippen LogP contribution in [0.4, 0.5) is 0 Å². The molecule has 1 aromatic rings. The highest BCUT2D eigenvalue weighted by molar-refractivity contribution is 5.40. The molecular formula is C12H14O4. The average Bonchev–Trinajstić information content (AvgIpc) is 3.13. The van der Waals surface area contributed by atoms with Crippen molar-refractivity contribution in [3.63, 3.8) is 0 Å². The molecule has 0 spiro atoms. The first-order valence-corrected chi connectivity index (χ1v) is 5.49. The topological polar surface area (TPSA) is 40.2 Å². The van der Waals surface area contributed by atoms with Crippen molar-refractivity contribution in [2.75, 3.05) is 26.4 Å². The Labute approximate surface area is 94.1 Å². The first-order valence-electron chi connectivity index (χ1n) is 5.49. The van der Waals surface area contributed by atoms with E-state index in [4.69, 9.17) is 18.9 Å². The number of ether oxygens (including phenoxy) is 4. The molecule has 0 amide bonds. The Morgan fingerprint density at radius 2 is 1.81 bits per heavy atom. The van der Waals surface area contributed by atoms with E-state index in [9.17, 15) is 0 Å². The number of rotatable bonds is 4. The van der Waals surface area contributed by atoms with E-state index in [1.165, 1.54) is 0 Å². The summed E-state index contributed by atoms with van der Waals surface area (Å²) >= 11 is 0. The number of hydrogen-bond acceptors (Lipinski definition) is 4. The highest BCUT2D eigenvalue weighted by Gasteiger charge is 2.25. The molecule has 0 bridgehead atoms. The van der Waals surface area contributed by atoms with Crippen molar-refractivity contribution in [2.45, 2.75) is 12.2 Å². The lowest BCUT2D eigenvalue weighted by molar-refractivity contribution is 0.00474. The summed E-state index contributed by atoms with van der Waals surface area (Å²) in [5.41, 5.74) is 0. The molecule has 2 atom stereocenters. The fraction of sp³-hybridized carbons (Fsp3) is 0.500. The molecule has 2 aliphatic rings. The Hall–Kier alpha value is -1.26. The van der Waals surface area contributed by atoms with Crippen molar-refractivity contribution in [2.24, 2.45) is 0 Å². The summed E-state index contributed by atoms with van der Waals surface area (Å²) in [5.74, 6) is 1.61. The molecule has 1 saturated heterocycles. The fourth-order valence-electron chi connectivity index (χ4n) is 1.64. The van der Waals surface area contributed by atoms with Gasteiger partial charge in [-0.3, -0.25) is 0 Å². The minimum atomic E-state index is -0.0198. The third-order valence-electron chi connectivity index (χ3n) is 2.58. The standard InChI is InChI=1S/C12H14O4/c1-2-4-12-11(3-1)15-8-10(16-12)6-13-5-9-7-14-9/h1-4,9-10H,5-8H2. The Bertz CT molecular complexity index is 362. The van der Waals surface area contributed by atoms with E-state index in [2.05, 4.69) is 0 Å². The molecule has 2 heterocycles. The molecule has 2 aliphatic heterocycles. The van der Waals surface area contributed by atoms with E-state index < -0.39 is 0 Å². The molecule has 1 aromatic carbocycles. The van der Waals surface area contributed by atoms with Gasteiger partial charge in [0.15, 0.2) is 17.6 Å². The summed E-state index contributed by atoms with van der Waals surface area (Å²) < 4.78 is 21.9. The second-order valence-electron chi connectivity index (χ2n) is 3.99. The Balaban J connectivity index is 1.51. The van der Waals surface area contributed by atoms with Gasteiger partial charge in [-0.25, -0.2) is 0 Å². The minimum absolute atomic E-state index is 0.0198. The van der Waals surface area contributed by atoms with Gasteiger partial charge in [-0.05, 0) is 12.1 Å². The van der Waals surface area contributed by atoms with E-state index in [1.54, 1.807) is 0 Å². The van der Waals surface area contributed by atoms with Gasteiger partial charge < -0.3 is 18.9 Å². The summed E-state index contributed by atoms with van der Waals surface area (Å²) in [5, 5.41) is 0. The Morgan fingerprint density at radius 3 is 2.62 bits per heavy atom. The van der Waals surface area contributed by atoms with Crippen LogP contribution in [0.25, 0.3) is 0 Å². The first kappa shape index (κ1) is 9.93. The summed E-state index contributed by atoms with van der Waals surface area (Å²) in [6, 6.07) is 7.68. The van der Waals surface area contributed by atoms with Crippen LogP contribution in [-0.2, 0) is 9.47 Å². The number of hydrogen-bond donors (Lipinski definition) is 0. The van der Waals surface area contributed by atoms with Gasteiger partial charge in [-0.1, -0.05) is 12.1 Å². The quantitative estimate of drug-likeness (QED) is 0.719. The van der Waals surface area contributed by atoms with Gasteiger partial charge in [-0.15, -0.1) is 0 Å². The molecular weight excluding hydrogens is 208 g/mol. The summed E-state index contributed by atoms with van der Waals surface area (Å²) in [4.78, 5) is 0. The van der Waals surface area contributed by atoms with Crippen molar-refractivity contribution < 1.29 is 18.9 Å². The van der Waals surface area contributed by atoms with Gasteiger partial charge in [0.25, 0.3) is 0 Å². The molecule has 4 heteroatoms. The zero-order valence-corrected chi connectivity index (χ0v) is 8.93. The van der Waals surface area contributed by atoms with Gasteiger partial charge in [0.1, 0.15) is 12.7 Å². The van der Waals surface area contributed by atoms with Crippen molar-refractivity contribution in [3.05, 3.63) is 24.3 Å². The molecule has 1 fully saturated rings. The largest absolute Gasteiger partial charge is 0.486 e. The van der Waals surface area contributed by atoms with Crippen molar-refractivity contribution in [3.8, 4) is 11.5 Å². The molecule has 0 saturated carbocycles. The third kappa shape index (κ3) is 2.28. The highest BCUT2D eigenvalue weighted by atomic mass is 16.6. The Morgan fingerprint density at radius 1 is 1.06 bits per heavy atom. The van der Waals surface area contributed by atoms with Crippen molar-refractivity contribution in [1.82, 2.24) is 0 Å². The van der Waals surface area contributed by atoms with Gasteiger partial charge in [0, 0.05) is 0 Å². The highest BCUT2D eigenvalue weighted by Crippen LogP contribution is 2.30. The average molecular weight is 222 g/mol. The molecule has 0 radical (unpaired) electrons. The van der Waals surface area contributed by atoms with Crippen LogP contribution in [0.1, 0.15) is 0 Å². The van der Waals surface area contributed by atoms with Gasteiger partial charge in [-0.2, -0.15) is 0 Å². The van der Waals surface area contributed by atoms with Crippen LogP contribution >= 0.6 is 0 Å². The normalized spacial score (nSPS) is 26.5. The maximum atomic E-state index is 5.74. The van der Waals surface area contributed by atoms with Crippen LogP contribution in [0, 0.1) is 0 Å². The maximum Gasteiger partial charge on any atom is 0.161 e. The molecule has 4 nitrogen and oxygen atoms in total. The summed E-state index contributed by atoms with van der Waals surface area (Å²) in [6.07, 6.45) is 0.283. The van der Waals surface area contributed by atoms with E-state index in [0.29, 0.717) is 25.9 Å². The smallest absolute Gasteiger partial charge is 0.161 e. The molecule has 2 unspecified atom stereocenters. The monoisotopic (exact) mass is 222 g/mol. The number of para-hydroxylation sites is 2. The lowest BCUT2D eigenvalue weighted by Crippen LogP contribution is -2.33.